The minimum absolute atomic E-state index is 0.165. The number of hydrogen-bond acceptors (Lipinski definition) is 6. The van der Waals surface area contributed by atoms with Gasteiger partial charge in [-0.05, 0) is 18.6 Å². The number of morpholine rings is 1. The number of nitrogens with two attached hydrogens (primary N) is 1. The Morgan fingerprint density at radius 2 is 2.24 bits per heavy atom. The zero-order valence-corrected chi connectivity index (χ0v) is 12.4. The molecule has 1 aromatic rings. The lowest BCUT2D eigenvalue weighted by Crippen LogP contribution is -2.45. The van der Waals surface area contributed by atoms with E-state index in [1.54, 1.807) is 0 Å². The minimum Gasteiger partial charge on any atom is -0.393 e. The second kappa shape index (κ2) is 5.96. The van der Waals surface area contributed by atoms with Crippen LogP contribution in [0.15, 0.2) is 23.1 Å². The Kier molecular flexibility index (Phi) is 4.45. The van der Waals surface area contributed by atoms with Crippen LogP contribution in [-0.2, 0) is 14.8 Å². The third-order valence-corrected chi connectivity index (χ3v) is 5.28. The van der Waals surface area contributed by atoms with Gasteiger partial charge in [-0.1, -0.05) is 13.0 Å². The predicted molar refractivity (Wildman–Crippen MR) is 76.3 cm³/mol. The summed E-state index contributed by atoms with van der Waals surface area (Å²) in [6.45, 7) is 2.52. The van der Waals surface area contributed by atoms with Crippen LogP contribution >= 0.6 is 0 Å². The van der Waals surface area contributed by atoms with Crippen molar-refractivity contribution in [3.8, 4) is 0 Å². The van der Waals surface area contributed by atoms with Gasteiger partial charge in [0.1, 0.15) is 5.69 Å². The van der Waals surface area contributed by atoms with Crippen LogP contribution < -0.4 is 5.73 Å². The minimum atomic E-state index is -3.97. The van der Waals surface area contributed by atoms with Crippen LogP contribution in [0.3, 0.4) is 0 Å². The van der Waals surface area contributed by atoms with E-state index in [9.17, 15) is 18.5 Å². The number of nitrogens with zero attached hydrogens (tertiary/aromatic N) is 2. The fraction of sp³-hybridized carbons (Fsp3) is 0.500. The van der Waals surface area contributed by atoms with Gasteiger partial charge in [-0.15, -0.1) is 0 Å². The molecule has 1 unspecified atom stereocenters. The summed E-state index contributed by atoms with van der Waals surface area (Å²) in [5.41, 5.74) is 4.82. The summed E-state index contributed by atoms with van der Waals surface area (Å²) in [4.78, 5) is 9.98. The van der Waals surface area contributed by atoms with Gasteiger partial charge in [0, 0.05) is 13.1 Å². The topological polar surface area (TPSA) is 116 Å². The number of hydrogen-bond donors (Lipinski definition) is 1. The summed E-state index contributed by atoms with van der Waals surface area (Å²) < 4.78 is 31.9. The van der Waals surface area contributed by atoms with E-state index in [4.69, 9.17) is 10.5 Å². The van der Waals surface area contributed by atoms with Gasteiger partial charge in [0.2, 0.25) is 10.0 Å². The highest BCUT2D eigenvalue weighted by atomic mass is 32.2. The molecule has 0 amide bonds. The van der Waals surface area contributed by atoms with Crippen LogP contribution in [0.25, 0.3) is 0 Å². The van der Waals surface area contributed by atoms with E-state index in [-0.39, 0.29) is 36.4 Å². The lowest BCUT2D eigenvalue weighted by Gasteiger charge is -2.31. The first-order valence-electron chi connectivity index (χ1n) is 6.52. The van der Waals surface area contributed by atoms with E-state index >= 15 is 0 Å². The van der Waals surface area contributed by atoms with Crippen LogP contribution in [0, 0.1) is 10.1 Å². The van der Waals surface area contributed by atoms with E-state index < -0.39 is 20.6 Å². The molecule has 21 heavy (non-hydrogen) atoms. The molecule has 1 fully saturated rings. The number of nitro benzene ring substituents is 1. The number of sulfonamides is 1. The SMILES string of the molecule is CCC1CN(S(=O)(=O)c2cccc(N)c2[N+](=O)[O-])CCO1. The Morgan fingerprint density at radius 3 is 2.86 bits per heavy atom. The molecule has 0 aromatic heterocycles. The van der Waals surface area contributed by atoms with Crippen molar-refractivity contribution in [1.29, 1.82) is 0 Å². The van der Waals surface area contributed by atoms with Crippen LogP contribution in [0.1, 0.15) is 13.3 Å². The number of benzene rings is 1. The average molecular weight is 315 g/mol. The van der Waals surface area contributed by atoms with Crippen LogP contribution in [0.2, 0.25) is 0 Å². The Hall–Kier alpha value is -1.71. The first kappa shape index (κ1) is 15.7. The summed E-state index contributed by atoms with van der Waals surface area (Å²) in [5.74, 6) is 0. The molecule has 1 saturated heterocycles. The number of ether oxygens (including phenoxy) is 1. The highest BCUT2D eigenvalue weighted by molar-refractivity contribution is 7.89. The quantitative estimate of drug-likeness (QED) is 0.503. The molecule has 116 valence electrons. The van der Waals surface area contributed by atoms with Crippen LogP contribution in [0.4, 0.5) is 11.4 Å². The van der Waals surface area contributed by atoms with E-state index in [2.05, 4.69) is 0 Å². The molecule has 0 spiro atoms. The molecule has 8 nitrogen and oxygen atoms in total. The first-order valence-corrected chi connectivity index (χ1v) is 7.96. The van der Waals surface area contributed by atoms with Gasteiger partial charge in [0.25, 0.3) is 0 Å². The van der Waals surface area contributed by atoms with Crippen molar-refractivity contribution in [1.82, 2.24) is 4.31 Å². The van der Waals surface area contributed by atoms with Crippen molar-refractivity contribution < 1.29 is 18.1 Å². The third-order valence-electron chi connectivity index (χ3n) is 3.39. The lowest BCUT2D eigenvalue weighted by molar-refractivity contribution is -0.386. The standard InChI is InChI=1S/C12H17N3O5S/c1-2-9-8-14(6-7-20-9)21(18,19)11-5-3-4-10(13)12(11)15(16)17/h3-5,9H,2,6-8,13H2,1H3. The Balaban J connectivity index is 2.45. The van der Waals surface area contributed by atoms with Gasteiger partial charge < -0.3 is 10.5 Å². The summed E-state index contributed by atoms with van der Waals surface area (Å²) in [5, 5.41) is 11.1. The highest BCUT2D eigenvalue weighted by Crippen LogP contribution is 2.32. The largest absolute Gasteiger partial charge is 0.393 e. The second-order valence-electron chi connectivity index (χ2n) is 4.72. The molecule has 1 aromatic carbocycles. The maximum Gasteiger partial charge on any atom is 0.312 e. The fourth-order valence-corrected chi connectivity index (χ4v) is 3.88. The van der Waals surface area contributed by atoms with Crippen molar-refractivity contribution in [2.75, 3.05) is 25.4 Å². The molecule has 9 heteroatoms. The molecule has 0 saturated carbocycles. The molecule has 2 N–H and O–H groups in total. The second-order valence-corrected chi connectivity index (χ2v) is 6.62. The molecule has 2 rings (SSSR count). The zero-order chi connectivity index (χ0) is 15.6. The molecule has 0 bridgehead atoms. The fourth-order valence-electron chi connectivity index (χ4n) is 2.24. The van der Waals surface area contributed by atoms with Crippen molar-refractivity contribution in [3.63, 3.8) is 0 Å². The Bertz CT molecular complexity index is 646. The molecule has 0 aliphatic carbocycles. The average Bonchev–Trinajstić information content (AvgIpc) is 2.46. The smallest absolute Gasteiger partial charge is 0.312 e. The molecule has 1 atom stereocenters. The summed E-state index contributed by atoms with van der Waals surface area (Å²) in [6, 6.07) is 3.92. The molecule has 0 radical (unpaired) electrons. The summed E-state index contributed by atoms with van der Waals surface area (Å²) in [7, 11) is -3.97. The predicted octanol–water partition coefficient (Wildman–Crippen LogP) is 0.977. The van der Waals surface area contributed by atoms with Gasteiger partial charge in [-0.25, -0.2) is 8.42 Å². The van der Waals surface area contributed by atoms with Crippen LogP contribution in [0.5, 0.6) is 0 Å². The number of nitro groups is 1. The van der Waals surface area contributed by atoms with Gasteiger partial charge in [-0.3, -0.25) is 10.1 Å². The number of para-hydroxylation sites is 1. The van der Waals surface area contributed by atoms with Gasteiger partial charge in [0.05, 0.1) is 17.6 Å². The summed E-state index contributed by atoms with van der Waals surface area (Å²) >= 11 is 0. The zero-order valence-electron chi connectivity index (χ0n) is 11.6. The summed E-state index contributed by atoms with van der Waals surface area (Å²) in [6.07, 6.45) is 0.471. The van der Waals surface area contributed by atoms with Crippen molar-refractivity contribution in [3.05, 3.63) is 28.3 Å². The molecular weight excluding hydrogens is 298 g/mol. The number of nitrogen functional groups attached to an aromatic ring is 1. The van der Waals surface area contributed by atoms with E-state index in [1.807, 2.05) is 6.92 Å². The molecular formula is C12H17N3O5S. The maximum absolute atomic E-state index is 12.6. The van der Waals surface area contributed by atoms with Crippen molar-refractivity contribution in [2.24, 2.45) is 0 Å². The van der Waals surface area contributed by atoms with E-state index in [0.29, 0.717) is 6.42 Å². The van der Waals surface area contributed by atoms with E-state index in [1.165, 1.54) is 22.5 Å². The molecule has 1 aliphatic heterocycles. The lowest BCUT2D eigenvalue weighted by atomic mass is 10.2. The van der Waals surface area contributed by atoms with Crippen molar-refractivity contribution in [2.45, 2.75) is 24.3 Å². The van der Waals surface area contributed by atoms with Crippen molar-refractivity contribution >= 4 is 21.4 Å². The third kappa shape index (κ3) is 2.99. The van der Waals surface area contributed by atoms with Gasteiger partial charge in [-0.2, -0.15) is 4.31 Å². The first-order chi connectivity index (χ1) is 9.87. The maximum atomic E-state index is 12.6. The molecule has 1 heterocycles. The number of rotatable bonds is 4. The van der Waals surface area contributed by atoms with Gasteiger partial charge >= 0.3 is 5.69 Å². The van der Waals surface area contributed by atoms with E-state index in [0.717, 1.165) is 0 Å². The Morgan fingerprint density at radius 1 is 1.52 bits per heavy atom. The normalized spacial score (nSPS) is 20.3. The van der Waals surface area contributed by atoms with Gasteiger partial charge in [0.15, 0.2) is 4.90 Å². The van der Waals surface area contributed by atoms with Crippen LogP contribution in [-0.4, -0.2) is 43.4 Å². The molecule has 1 aliphatic rings. The highest BCUT2D eigenvalue weighted by Gasteiger charge is 2.35. The number of anilines is 1. The Labute approximate surface area is 122 Å². The monoisotopic (exact) mass is 315 g/mol.